The number of nitrogens with two attached hydrogens (primary N) is 1. The first-order valence-electron chi connectivity index (χ1n) is 16.9. The summed E-state index contributed by atoms with van der Waals surface area (Å²) in [5.41, 5.74) is 9.87. The van der Waals surface area contributed by atoms with Crippen molar-refractivity contribution in [1.29, 1.82) is 0 Å². The highest BCUT2D eigenvalue weighted by Crippen LogP contribution is 2.35. The van der Waals surface area contributed by atoms with Gasteiger partial charge in [-0.2, -0.15) is 4.68 Å². The van der Waals surface area contributed by atoms with Crippen LogP contribution in [0.2, 0.25) is 0 Å². The van der Waals surface area contributed by atoms with E-state index in [0.29, 0.717) is 40.6 Å². The third kappa shape index (κ3) is 7.52. The third-order valence-corrected chi connectivity index (χ3v) is 9.14. The predicted octanol–water partition coefficient (Wildman–Crippen LogP) is 3.91. The van der Waals surface area contributed by atoms with E-state index in [0.717, 1.165) is 21.9 Å². The quantitative estimate of drug-likeness (QED) is 0.109. The second kappa shape index (κ2) is 15.6. The Morgan fingerprint density at radius 2 is 1.81 bits per heavy atom. The van der Waals surface area contributed by atoms with Gasteiger partial charge in [-0.25, -0.2) is 4.39 Å². The summed E-state index contributed by atoms with van der Waals surface area (Å²) in [6.45, 7) is 2.45. The van der Waals surface area contributed by atoms with Crippen LogP contribution in [-0.4, -0.2) is 86.7 Å². The molecule has 5 aromatic rings. The van der Waals surface area contributed by atoms with E-state index in [1.165, 1.54) is 23.7 Å². The van der Waals surface area contributed by atoms with Gasteiger partial charge in [-0.15, -0.1) is 5.10 Å². The number of nitrogens with zero attached hydrogens (tertiary/aromatic N) is 2. The number of nitrogens with one attached hydrogen (secondary N) is 2. The molecule has 0 radical (unpaired) electrons. The maximum absolute atomic E-state index is 13.7. The Morgan fingerprint density at radius 1 is 1.02 bits per heavy atom. The molecule has 2 amide bonds. The number of aromatic nitrogens is 2. The maximum Gasteiger partial charge on any atom is 0.256 e. The number of carbonyl (C=O) groups excluding carboxylic acids is 3. The number of halogens is 1. The van der Waals surface area contributed by atoms with Gasteiger partial charge in [0, 0.05) is 31.2 Å². The molecule has 1 saturated heterocycles. The van der Waals surface area contributed by atoms with Crippen molar-refractivity contribution in [3.63, 3.8) is 0 Å². The number of benzene rings is 4. The molecule has 0 aliphatic carbocycles. The molecule has 4 aromatic carbocycles. The molecule has 14 heteroatoms. The normalized spacial score (nSPS) is 20.2. The molecule has 0 spiro atoms. The van der Waals surface area contributed by atoms with Crippen molar-refractivity contribution >= 4 is 50.9 Å². The number of rotatable bonds is 11. The number of amides is 2. The average molecular weight is 714 g/mol. The van der Waals surface area contributed by atoms with E-state index in [2.05, 4.69) is 15.7 Å². The number of hydrogen-bond acceptors (Lipinski definition) is 10. The van der Waals surface area contributed by atoms with E-state index >= 15 is 0 Å². The van der Waals surface area contributed by atoms with Crippen molar-refractivity contribution in [3.05, 3.63) is 89.7 Å². The fourth-order valence-electron chi connectivity index (χ4n) is 6.49. The minimum atomic E-state index is -1.41. The number of carbonyl (C=O) groups is 3. The van der Waals surface area contributed by atoms with Crippen molar-refractivity contribution < 1.29 is 43.6 Å². The highest BCUT2D eigenvalue weighted by molar-refractivity contribution is 6.14. The molecule has 0 unspecified atom stereocenters. The molecular weight excluding hydrogens is 673 g/mol. The molecule has 1 aliphatic rings. The lowest BCUT2D eigenvalue weighted by molar-refractivity contribution is -0.270. The Balaban J connectivity index is 1.14. The lowest BCUT2D eigenvalue weighted by atomic mass is 9.96. The SMILES string of the molecule is CC(=O)N[C@H]1[C@H](OCCCCC(=O)n2nc(N)c3c(-c4ccc5c(C(=O)Nc6ccc(F)c(C)c6)cccc5c4)cccc32)O[C@H](CO)[C@H](O)[C@@H]1O. The van der Waals surface area contributed by atoms with Gasteiger partial charge in [0.1, 0.15) is 30.2 Å². The van der Waals surface area contributed by atoms with Gasteiger partial charge in [0.15, 0.2) is 12.1 Å². The van der Waals surface area contributed by atoms with E-state index in [1.807, 2.05) is 36.4 Å². The summed E-state index contributed by atoms with van der Waals surface area (Å²) < 4.78 is 26.4. The summed E-state index contributed by atoms with van der Waals surface area (Å²) in [6.07, 6.45) is -4.09. The number of anilines is 2. The first-order chi connectivity index (χ1) is 25.0. The van der Waals surface area contributed by atoms with Crippen LogP contribution in [0.5, 0.6) is 0 Å². The summed E-state index contributed by atoms with van der Waals surface area (Å²) in [7, 11) is 0. The molecule has 2 heterocycles. The molecule has 0 saturated carbocycles. The van der Waals surface area contributed by atoms with Gasteiger partial charge in [0.25, 0.3) is 5.91 Å². The van der Waals surface area contributed by atoms with Crippen molar-refractivity contribution in [1.82, 2.24) is 15.1 Å². The van der Waals surface area contributed by atoms with Crippen molar-refractivity contribution in [3.8, 4) is 11.1 Å². The van der Waals surface area contributed by atoms with E-state index in [9.17, 15) is 34.1 Å². The van der Waals surface area contributed by atoms with E-state index in [4.69, 9.17) is 15.2 Å². The highest BCUT2D eigenvalue weighted by atomic mass is 19.1. The van der Waals surface area contributed by atoms with E-state index in [-0.39, 0.29) is 36.5 Å². The Hall–Kier alpha value is -5.25. The fraction of sp³-hybridized carbons (Fsp3) is 0.316. The largest absolute Gasteiger partial charge is 0.394 e. The number of aliphatic hydroxyl groups excluding tert-OH is 3. The summed E-state index contributed by atoms with van der Waals surface area (Å²) in [4.78, 5) is 38.2. The first-order valence-corrected chi connectivity index (χ1v) is 16.9. The summed E-state index contributed by atoms with van der Waals surface area (Å²) >= 11 is 0. The number of aliphatic hydroxyl groups is 3. The van der Waals surface area contributed by atoms with Crippen LogP contribution in [0.15, 0.2) is 72.8 Å². The molecule has 5 atom stereocenters. The van der Waals surface area contributed by atoms with Crippen LogP contribution in [-0.2, 0) is 14.3 Å². The molecule has 1 fully saturated rings. The van der Waals surface area contributed by atoms with Gasteiger partial charge in [0.2, 0.25) is 11.8 Å². The second-order valence-electron chi connectivity index (χ2n) is 12.8. The van der Waals surface area contributed by atoms with Crippen LogP contribution >= 0.6 is 0 Å². The zero-order chi connectivity index (χ0) is 37.1. The first kappa shape index (κ1) is 36.5. The van der Waals surface area contributed by atoms with Gasteiger partial charge in [-0.05, 0) is 83.6 Å². The number of nitrogen functional groups attached to an aromatic ring is 1. The molecular formula is C38H40FN5O8. The summed E-state index contributed by atoms with van der Waals surface area (Å²) in [5.74, 6) is -1.23. The second-order valence-corrected chi connectivity index (χ2v) is 12.8. The Kier molecular flexibility index (Phi) is 10.9. The van der Waals surface area contributed by atoms with Crippen molar-refractivity contribution in [2.24, 2.45) is 0 Å². The van der Waals surface area contributed by atoms with Gasteiger partial charge in [-0.1, -0.05) is 36.4 Å². The topological polar surface area (TPSA) is 198 Å². The van der Waals surface area contributed by atoms with Gasteiger partial charge in [-0.3, -0.25) is 14.4 Å². The Bertz CT molecular complexity index is 2140. The summed E-state index contributed by atoms with van der Waals surface area (Å²) in [5, 5.41) is 42.0. The molecule has 272 valence electrons. The fourth-order valence-corrected chi connectivity index (χ4v) is 6.49. The maximum atomic E-state index is 13.7. The van der Waals surface area contributed by atoms with Gasteiger partial charge >= 0.3 is 0 Å². The highest BCUT2D eigenvalue weighted by Gasteiger charge is 2.45. The molecule has 7 N–H and O–H groups in total. The molecule has 6 rings (SSSR count). The third-order valence-electron chi connectivity index (χ3n) is 9.14. The number of fused-ring (bicyclic) bond motifs is 2. The van der Waals surface area contributed by atoms with Crippen LogP contribution in [0, 0.1) is 12.7 Å². The van der Waals surface area contributed by atoms with Crippen LogP contribution < -0.4 is 16.4 Å². The molecule has 0 bridgehead atoms. The van der Waals surface area contributed by atoms with Gasteiger partial charge in [0.05, 0.1) is 17.5 Å². The molecule has 1 aromatic heterocycles. The molecule has 52 heavy (non-hydrogen) atoms. The summed E-state index contributed by atoms with van der Waals surface area (Å²) in [6, 6.07) is 19.9. The zero-order valence-corrected chi connectivity index (χ0v) is 28.6. The number of ether oxygens (including phenoxy) is 2. The van der Waals surface area contributed by atoms with E-state index in [1.54, 1.807) is 31.2 Å². The monoisotopic (exact) mass is 713 g/mol. The van der Waals surface area contributed by atoms with Crippen LogP contribution in [0.25, 0.3) is 32.8 Å². The Labute approximate surface area is 298 Å². The minimum Gasteiger partial charge on any atom is -0.394 e. The lowest BCUT2D eigenvalue weighted by Gasteiger charge is -2.42. The smallest absolute Gasteiger partial charge is 0.256 e. The Morgan fingerprint density at radius 3 is 2.56 bits per heavy atom. The number of hydrogen-bond donors (Lipinski definition) is 6. The van der Waals surface area contributed by atoms with E-state index < -0.39 is 43.2 Å². The minimum absolute atomic E-state index is 0.110. The van der Waals surface area contributed by atoms with Crippen molar-refractivity contribution in [2.45, 2.75) is 63.8 Å². The number of aryl methyl sites for hydroxylation is 1. The average Bonchev–Trinajstić information content (AvgIpc) is 3.48. The van der Waals surface area contributed by atoms with Crippen molar-refractivity contribution in [2.75, 3.05) is 24.3 Å². The van der Waals surface area contributed by atoms with Gasteiger partial charge < -0.3 is 41.2 Å². The standard InChI is InChI=1S/C38H40FN5O8/c1-20-17-24(13-15-28(20)39)42-37(50)27-9-5-7-22-18-23(12-14-25(22)27)26-8-6-10-29-32(26)36(40)43-44(29)31(47)11-3-4-16-51-38-33(41-21(2)46)35(49)34(48)30(19-45)52-38/h5-10,12-15,17-18,30,33-35,38,45,48-49H,3-4,11,16,19H2,1-2H3,(H2,40,43)(H,41,46)(H,42,50)/t30-,33-,34+,35-,38-/m1/s1. The molecule has 13 nitrogen and oxygen atoms in total. The van der Waals surface area contributed by atoms with Crippen LogP contribution in [0.1, 0.15) is 46.9 Å². The van der Waals surface area contributed by atoms with Crippen LogP contribution in [0.3, 0.4) is 0 Å². The van der Waals surface area contributed by atoms with Crippen LogP contribution in [0.4, 0.5) is 15.9 Å². The zero-order valence-electron chi connectivity index (χ0n) is 28.6. The predicted molar refractivity (Wildman–Crippen MR) is 192 cm³/mol. The molecule has 1 aliphatic heterocycles. The lowest BCUT2D eigenvalue weighted by Crippen LogP contribution is -2.64. The number of unbranched alkanes of at least 4 members (excludes halogenated alkanes) is 1.